The summed E-state index contributed by atoms with van der Waals surface area (Å²) in [5, 5.41) is 10.5. The van der Waals surface area contributed by atoms with Crippen molar-refractivity contribution in [1.29, 1.82) is 0 Å². The van der Waals surface area contributed by atoms with Crippen molar-refractivity contribution < 1.29 is 5.11 Å². The molecule has 0 spiro atoms. The second-order valence-corrected chi connectivity index (χ2v) is 4.43. The molecule has 106 valence electrons. The monoisotopic (exact) mass is 276 g/mol. The quantitative estimate of drug-likeness (QED) is 0.631. The lowest BCUT2D eigenvalue weighted by Gasteiger charge is -2.10. The van der Waals surface area contributed by atoms with Crippen molar-refractivity contribution in [2.24, 2.45) is 0 Å². The minimum absolute atomic E-state index is 0.333. The highest BCUT2D eigenvalue weighted by atomic mass is 16.3. The highest BCUT2D eigenvalue weighted by Gasteiger charge is 2.09. The first-order chi connectivity index (χ1) is 10.4. The molecule has 0 aliphatic rings. The standard InChI is InChI=1S/C18H14O.C2H6/c19-18-16(14-8-3-1-4-9-14)12-7-13-17(18)15-10-5-2-6-11-15;1-2/h1-13,19H;1-2H3. The van der Waals surface area contributed by atoms with E-state index in [9.17, 15) is 5.11 Å². The normalized spacial score (nSPS) is 9.62. The molecular weight excluding hydrogens is 256 g/mol. The molecule has 0 amide bonds. The van der Waals surface area contributed by atoms with Gasteiger partial charge in [-0.1, -0.05) is 92.7 Å². The van der Waals surface area contributed by atoms with Crippen molar-refractivity contribution in [3.8, 4) is 28.0 Å². The molecule has 3 aromatic carbocycles. The van der Waals surface area contributed by atoms with Crippen molar-refractivity contribution in [3.05, 3.63) is 78.9 Å². The Morgan fingerprint density at radius 2 is 0.905 bits per heavy atom. The zero-order valence-electron chi connectivity index (χ0n) is 12.5. The molecule has 0 aromatic heterocycles. The summed E-state index contributed by atoms with van der Waals surface area (Å²) in [6.07, 6.45) is 0. The smallest absolute Gasteiger partial charge is 0.131 e. The third-order valence-corrected chi connectivity index (χ3v) is 3.21. The number of aromatic hydroxyl groups is 1. The van der Waals surface area contributed by atoms with Crippen LogP contribution in [0.4, 0.5) is 0 Å². The summed E-state index contributed by atoms with van der Waals surface area (Å²) in [5.74, 6) is 0.333. The third kappa shape index (κ3) is 3.32. The first-order valence-electron chi connectivity index (χ1n) is 7.29. The number of hydrogen-bond donors (Lipinski definition) is 1. The molecule has 0 radical (unpaired) electrons. The van der Waals surface area contributed by atoms with E-state index in [4.69, 9.17) is 0 Å². The number of rotatable bonds is 2. The van der Waals surface area contributed by atoms with Crippen LogP contribution >= 0.6 is 0 Å². The van der Waals surface area contributed by atoms with E-state index in [0.717, 1.165) is 22.3 Å². The summed E-state index contributed by atoms with van der Waals surface area (Å²) in [5.41, 5.74) is 3.78. The fourth-order valence-electron chi connectivity index (χ4n) is 2.24. The van der Waals surface area contributed by atoms with Gasteiger partial charge in [0.15, 0.2) is 0 Å². The van der Waals surface area contributed by atoms with Gasteiger partial charge in [0.05, 0.1) is 0 Å². The van der Waals surface area contributed by atoms with Crippen LogP contribution in [0.25, 0.3) is 22.3 Å². The van der Waals surface area contributed by atoms with E-state index in [0.29, 0.717) is 5.75 Å². The van der Waals surface area contributed by atoms with E-state index >= 15 is 0 Å². The molecule has 3 aromatic rings. The van der Waals surface area contributed by atoms with Crippen molar-refractivity contribution in [1.82, 2.24) is 0 Å². The molecule has 0 fully saturated rings. The van der Waals surface area contributed by atoms with Gasteiger partial charge in [-0.2, -0.15) is 0 Å². The molecule has 0 unspecified atom stereocenters. The van der Waals surface area contributed by atoms with E-state index in [1.165, 1.54) is 0 Å². The molecule has 0 heterocycles. The molecule has 0 saturated carbocycles. The fraction of sp³-hybridized carbons (Fsp3) is 0.100. The Morgan fingerprint density at radius 1 is 0.524 bits per heavy atom. The number of phenols is 1. The average molecular weight is 276 g/mol. The highest BCUT2D eigenvalue weighted by molar-refractivity contribution is 5.81. The Bertz CT molecular complexity index is 615. The average Bonchev–Trinajstić information content (AvgIpc) is 2.58. The topological polar surface area (TPSA) is 20.2 Å². The van der Waals surface area contributed by atoms with E-state index in [2.05, 4.69) is 0 Å². The highest BCUT2D eigenvalue weighted by Crippen LogP contribution is 2.37. The molecule has 0 aliphatic heterocycles. The van der Waals surface area contributed by atoms with Crippen LogP contribution in [0, 0.1) is 0 Å². The fourth-order valence-corrected chi connectivity index (χ4v) is 2.24. The van der Waals surface area contributed by atoms with Crippen LogP contribution in [0.1, 0.15) is 13.8 Å². The maximum Gasteiger partial charge on any atom is 0.131 e. The maximum absolute atomic E-state index is 10.5. The SMILES string of the molecule is CC.Oc1c(-c2ccccc2)cccc1-c1ccccc1. The third-order valence-electron chi connectivity index (χ3n) is 3.21. The van der Waals surface area contributed by atoms with Crippen molar-refractivity contribution in [2.75, 3.05) is 0 Å². The van der Waals surface area contributed by atoms with Gasteiger partial charge in [-0.15, -0.1) is 0 Å². The lowest BCUT2D eigenvalue weighted by atomic mass is 9.97. The van der Waals surface area contributed by atoms with Crippen LogP contribution in [-0.4, -0.2) is 5.11 Å². The first-order valence-corrected chi connectivity index (χ1v) is 7.29. The zero-order valence-corrected chi connectivity index (χ0v) is 12.5. The molecule has 0 atom stereocenters. The minimum Gasteiger partial charge on any atom is -0.507 e. The molecule has 0 bridgehead atoms. The van der Waals surface area contributed by atoms with Gasteiger partial charge < -0.3 is 5.11 Å². The molecule has 1 N–H and O–H groups in total. The Morgan fingerprint density at radius 3 is 1.29 bits per heavy atom. The summed E-state index contributed by atoms with van der Waals surface area (Å²) in [6.45, 7) is 4.00. The van der Waals surface area contributed by atoms with Crippen LogP contribution in [0.3, 0.4) is 0 Å². The summed E-state index contributed by atoms with van der Waals surface area (Å²) >= 11 is 0. The summed E-state index contributed by atoms with van der Waals surface area (Å²) in [4.78, 5) is 0. The van der Waals surface area contributed by atoms with Crippen LogP contribution in [0.5, 0.6) is 5.75 Å². The Labute approximate surface area is 126 Å². The summed E-state index contributed by atoms with van der Waals surface area (Å²) in [7, 11) is 0. The maximum atomic E-state index is 10.5. The molecule has 0 saturated heterocycles. The predicted octanol–water partition coefficient (Wildman–Crippen LogP) is 5.75. The van der Waals surface area contributed by atoms with Crippen molar-refractivity contribution in [3.63, 3.8) is 0 Å². The van der Waals surface area contributed by atoms with Crippen LogP contribution in [0.15, 0.2) is 78.9 Å². The Balaban J connectivity index is 0.000000774. The lowest BCUT2D eigenvalue weighted by molar-refractivity contribution is 0.479. The molecule has 21 heavy (non-hydrogen) atoms. The summed E-state index contributed by atoms with van der Waals surface area (Å²) < 4.78 is 0. The van der Waals surface area contributed by atoms with Crippen LogP contribution in [-0.2, 0) is 0 Å². The van der Waals surface area contributed by atoms with Gasteiger partial charge in [0, 0.05) is 11.1 Å². The predicted molar refractivity (Wildman–Crippen MR) is 90.3 cm³/mol. The van der Waals surface area contributed by atoms with Gasteiger partial charge in [-0.25, -0.2) is 0 Å². The number of hydrogen-bond acceptors (Lipinski definition) is 1. The van der Waals surface area contributed by atoms with Crippen molar-refractivity contribution >= 4 is 0 Å². The molecule has 0 aliphatic carbocycles. The number of benzene rings is 3. The van der Waals surface area contributed by atoms with Gasteiger partial charge >= 0.3 is 0 Å². The molecule has 1 heteroatoms. The largest absolute Gasteiger partial charge is 0.507 e. The van der Waals surface area contributed by atoms with Crippen LogP contribution < -0.4 is 0 Å². The van der Waals surface area contributed by atoms with E-state index in [1.807, 2.05) is 92.7 Å². The lowest BCUT2D eigenvalue weighted by Crippen LogP contribution is -1.83. The molecule has 3 rings (SSSR count). The molecular formula is C20H20O. The second-order valence-electron chi connectivity index (χ2n) is 4.43. The van der Waals surface area contributed by atoms with Crippen molar-refractivity contribution in [2.45, 2.75) is 13.8 Å². The van der Waals surface area contributed by atoms with Gasteiger partial charge in [-0.3, -0.25) is 0 Å². The van der Waals surface area contributed by atoms with Gasteiger partial charge in [-0.05, 0) is 11.1 Å². The van der Waals surface area contributed by atoms with E-state index in [1.54, 1.807) is 0 Å². The van der Waals surface area contributed by atoms with Gasteiger partial charge in [0.2, 0.25) is 0 Å². The zero-order chi connectivity index (χ0) is 15.1. The first kappa shape index (κ1) is 14.9. The van der Waals surface area contributed by atoms with E-state index in [-0.39, 0.29) is 0 Å². The Hall–Kier alpha value is -2.54. The number of phenolic OH excluding ortho intramolecular Hbond substituents is 1. The molecule has 1 nitrogen and oxygen atoms in total. The van der Waals surface area contributed by atoms with Gasteiger partial charge in [0.1, 0.15) is 5.75 Å². The summed E-state index contributed by atoms with van der Waals surface area (Å²) in [6, 6.07) is 25.7. The number of para-hydroxylation sites is 1. The van der Waals surface area contributed by atoms with E-state index < -0.39 is 0 Å². The van der Waals surface area contributed by atoms with Gasteiger partial charge in [0.25, 0.3) is 0 Å². The minimum atomic E-state index is 0.333. The Kier molecular flexibility index (Phi) is 5.16. The van der Waals surface area contributed by atoms with Crippen LogP contribution in [0.2, 0.25) is 0 Å². The second kappa shape index (κ2) is 7.30.